The minimum absolute atomic E-state index is 0.603. The molecule has 1 rings (SSSR count). The zero-order chi connectivity index (χ0) is 8.16. The Morgan fingerprint density at radius 2 is 1.55 bits per heavy atom. The Hall–Kier alpha value is -0.0400. The van der Waals surface area contributed by atoms with Gasteiger partial charge in [0.05, 0.1) is 0 Å². The molecule has 0 saturated carbocycles. The molecule has 0 unspecified atom stereocenters. The molecule has 0 aromatic rings. The second-order valence-corrected chi connectivity index (χ2v) is 4.47. The Labute approximate surface area is 70.6 Å². The largest absolute Gasteiger partial charge is 0.317 e. The first-order valence-electron chi connectivity index (χ1n) is 4.91. The van der Waals surface area contributed by atoms with Crippen molar-refractivity contribution in [2.24, 2.45) is 5.41 Å². The fourth-order valence-electron chi connectivity index (χ4n) is 1.80. The molecule has 1 heteroatoms. The highest BCUT2D eigenvalue weighted by atomic mass is 14.8. The molecule has 0 amide bonds. The van der Waals surface area contributed by atoms with Crippen LogP contribution in [-0.4, -0.2) is 13.1 Å². The van der Waals surface area contributed by atoms with Crippen LogP contribution in [0.5, 0.6) is 0 Å². The third kappa shape index (κ3) is 3.76. The lowest BCUT2D eigenvalue weighted by Gasteiger charge is -2.23. The van der Waals surface area contributed by atoms with Crippen LogP contribution in [0.1, 0.15) is 46.0 Å². The maximum absolute atomic E-state index is 3.46. The summed E-state index contributed by atoms with van der Waals surface area (Å²) >= 11 is 0. The molecule has 1 saturated heterocycles. The zero-order valence-electron chi connectivity index (χ0n) is 7.95. The van der Waals surface area contributed by atoms with E-state index in [9.17, 15) is 0 Å². The van der Waals surface area contributed by atoms with Crippen molar-refractivity contribution in [3.8, 4) is 0 Å². The monoisotopic (exact) mass is 155 g/mol. The Morgan fingerprint density at radius 1 is 0.909 bits per heavy atom. The van der Waals surface area contributed by atoms with Crippen LogP contribution in [-0.2, 0) is 0 Å². The van der Waals surface area contributed by atoms with Gasteiger partial charge in [0, 0.05) is 0 Å². The summed E-state index contributed by atoms with van der Waals surface area (Å²) in [6.07, 6.45) is 6.92. The van der Waals surface area contributed by atoms with Crippen LogP contribution in [0.15, 0.2) is 0 Å². The Balaban J connectivity index is 2.31. The molecule has 66 valence electrons. The fourth-order valence-corrected chi connectivity index (χ4v) is 1.80. The molecule has 0 aromatic carbocycles. The first-order chi connectivity index (χ1) is 5.21. The maximum atomic E-state index is 3.46. The van der Waals surface area contributed by atoms with E-state index in [2.05, 4.69) is 19.2 Å². The topological polar surface area (TPSA) is 12.0 Å². The van der Waals surface area contributed by atoms with Crippen molar-refractivity contribution in [2.45, 2.75) is 46.0 Å². The van der Waals surface area contributed by atoms with Crippen LogP contribution >= 0.6 is 0 Å². The average molecular weight is 155 g/mol. The van der Waals surface area contributed by atoms with Crippen molar-refractivity contribution < 1.29 is 0 Å². The predicted octanol–water partition coefficient (Wildman–Crippen LogP) is 2.57. The van der Waals surface area contributed by atoms with Gasteiger partial charge in [0.25, 0.3) is 0 Å². The van der Waals surface area contributed by atoms with E-state index in [1.165, 1.54) is 45.2 Å². The second-order valence-electron chi connectivity index (χ2n) is 4.47. The molecule has 0 radical (unpaired) electrons. The Bertz CT molecular complexity index is 95.4. The third-order valence-electron chi connectivity index (χ3n) is 2.66. The van der Waals surface area contributed by atoms with E-state index in [-0.39, 0.29) is 0 Å². The van der Waals surface area contributed by atoms with Gasteiger partial charge in [-0.2, -0.15) is 0 Å². The molecule has 11 heavy (non-hydrogen) atoms. The second kappa shape index (κ2) is 4.10. The van der Waals surface area contributed by atoms with E-state index >= 15 is 0 Å². The summed E-state index contributed by atoms with van der Waals surface area (Å²) in [7, 11) is 0. The first kappa shape index (κ1) is 9.05. The summed E-state index contributed by atoms with van der Waals surface area (Å²) in [6.45, 7) is 7.26. The summed E-state index contributed by atoms with van der Waals surface area (Å²) in [6, 6.07) is 0. The molecule has 0 bridgehead atoms. The lowest BCUT2D eigenvalue weighted by atomic mass is 9.83. The van der Waals surface area contributed by atoms with Crippen LogP contribution in [0.25, 0.3) is 0 Å². The van der Waals surface area contributed by atoms with Crippen molar-refractivity contribution >= 4 is 0 Å². The Morgan fingerprint density at radius 3 is 2.36 bits per heavy atom. The van der Waals surface area contributed by atoms with Gasteiger partial charge in [-0.3, -0.25) is 0 Å². The SMILES string of the molecule is CC1(C)CCCCNCCC1. The summed E-state index contributed by atoms with van der Waals surface area (Å²) < 4.78 is 0. The quantitative estimate of drug-likeness (QED) is 0.567. The van der Waals surface area contributed by atoms with Crippen molar-refractivity contribution in [1.29, 1.82) is 0 Å². The van der Waals surface area contributed by atoms with Crippen molar-refractivity contribution in [2.75, 3.05) is 13.1 Å². The van der Waals surface area contributed by atoms with Gasteiger partial charge < -0.3 is 5.32 Å². The number of hydrogen-bond donors (Lipinski definition) is 1. The summed E-state index contributed by atoms with van der Waals surface area (Å²) in [5, 5.41) is 3.46. The van der Waals surface area contributed by atoms with Gasteiger partial charge in [-0.25, -0.2) is 0 Å². The van der Waals surface area contributed by atoms with Crippen molar-refractivity contribution in [3.63, 3.8) is 0 Å². The first-order valence-corrected chi connectivity index (χ1v) is 4.91. The molecule has 0 aliphatic carbocycles. The lowest BCUT2D eigenvalue weighted by molar-refractivity contribution is 0.296. The van der Waals surface area contributed by atoms with E-state index in [4.69, 9.17) is 0 Å². The van der Waals surface area contributed by atoms with Crippen molar-refractivity contribution in [3.05, 3.63) is 0 Å². The zero-order valence-corrected chi connectivity index (χ0v) is 7.95. The van der Waals surface area contributed by atoms with Gasteiger partial charge in [0.1, 0.15) is 0 Å². The fraction of sp³-hybridized carbons (Fsp3) is 1.00. The van der Waals surface area contributed by atoms with Gasteiger partial charge in [-0.15, -0.1) is 0 Å². The van der Waals surface area contributed by atoms with E-state index in [1.54, 1.807) is 0 Å². The van der Waals surface area contributed by atoms with Gasteiger partial charge in [-0.1, -0.05) is 20.3 Å². The molecule has 1 heterocycles. The number of hydrogen-bond acceptors (Lipinski definition) is 1. The molecular formula is C10H21N. The van der Waals surface area contributed by atoms with E-state index < -0.39 is 0 Å². The summed E-state index contributed by atoms with van der Waals surface area (Å²) in [5.41, 5.74) is 0.603. The van der Waals surface area contributed by atoms with Crippen molar-refractivity contribution in [1.82, 2.24) is 5.32 Å². The normalized spacial score (nSPS) is 26.7. The Kier molecular flexibility index (Phi) is 3.38. The minimum Gasteiger partial charge on any atom is -0.317 e. The molecular weight excluding hydrogens is 134 g/mol. The predicted molar refractivity (Wildman–Crippen MR) is 49.7 cm³/mol. The molecule has 0 aromatic heterocycles. The summed E-state index contributed by atoms with van der Waals surface area (Å²) in [4.78, 5) is 0. The molecule has 1 nitrogen and oxygen atoms in total. The van der Waals surface area contributed by atoms with Crippen LogP contribution in [0.3, 0.4) is 0 Å². The average Bonchev–Trinajstić information content (AvgIpc) is 2.00. The van der Waals surface area contributed by atoms with Gasteiger partial charge in [-0.05, 0) is 44.2 Å². The highest BCUT2D eigenvalue weighted by Crippen LogP contribution is 2.29. The highest BCUT2D eigenvalue weighted by molar-refractivity contribution is 4.71. The minimum atomic E-state index is 0.603. The molecule has 1 aliphatic rings. The van der Waals surface area contributed by atoms with Crippen LogP contribution in [0.2, 0.25) is 0 Å². The summed E-state index contributed by atoms with van der Waals surface area (Å²) in [5.74, 6) is 0. The maximum Gasteiger partial charge on any atom is -0.00487 e. The smallest absolute Gasteiger partial charge is 0.00487 e. The highest BCUT2D eigenvalue weighted by Gasteiger charge is 2.17. The molecule has 1 aliphatic heterocycles. The van der Waals surface area contributed by atoms with Crippen LogP contribution in [0, 0.1) is 5.41 Å². The van der Waals surface area contributed by atoms with Gasteiger partial charge in [0.2, 0.25) is 0 Å². The van der Waals surface area contributed by atoms with E-state index in [0.717, 1.165) is 0 Å². The lowest BCUT2D eigenvalue weighted by Crippen LogP contribution is -2.16. The standard InChI is InChI=1S/C10H21N/c1-10(2)6-3-4-8-11-9-5-7-10/h11H,3-9H2,1-2H3. The molecule has 0 spiro atoms. The van der Waals surface area contributed by atoms with E-state index in [0.29, 0.717) is 5.41 Å². The molecule has 0 atom stereocenters. The number of nitrogens with one attached hydrogen (secondary N) is 1. The van der Waals surface area contributed by atoms with E-state index in [1.807, 2.05) is 0 Å². The molecule has 1 N–H and O–H groups in total. The third-order valence-corrected chi connectivity index (χ3v) is 2.66. The van der Waals surface area contributed by atoms with Crippen LogP contribution in [0.4, 0.5) is 0 Å². The molecule has 1 fully saturated rings. The van der Waals surface area contributed by atoms with Crippen LogP contribution < -0.4 is 5.32 Å². The van der Waals surface area contributed by atoms with Gasteiger partial charge in [0.15, 0.2) is 0 Å². The van der Waals surface area contributed by atoms with Gasteiger partial charge >= 0.3 is 0 Å². The number of rotatable bonds is 0.